The molecule has 0 aliphatic heterocycles. The number of carbonyl (C=O) groups excluding carboxylic acids is 1. The van der Waals surface area contributed by atoms with E-state index in [4.69, 9.17) is 5.73 Å². The van der Waals surface area contributed by atoms with Crippen molar-refractivity contribution in [1.82, 2.24) is 9.78 Å². The van der Waals surface area contributed by atoms with Gasteiger partial charge >= 0.3 is 0 Å². The van der Waals surface area contributed by atoms with Crippen molar-refractivity contribution in [3.05, 3.63) is 42.7 Å². The van der Waals surface area contributed by atoms with Crippen LogP contribution in [0.2, 0.25) is 0 Å². The highest BCUT2D eigenvalue weighted by atomic mass is 35.5. The van der Waals surface area contributed by atoms with Gasteiger partial charge in [-0.15, -0.1) is 12.4 Å². The second-order valence-corrected chi connectivity index (χ2v) is 4.57. The lowest BCUT2D eigenvalue weighted by atomic mass is 10.2. The molecular weight excluding hydrogens is 276 g/mol. The minimum absolute atomic E-state index is 0. The van der Waals surface area contributed by atoms with Gasteiger partial charge in [-0.05, 0) is 25.5 Å². The summed E-state index contributed by atoms with van der Waals surface area (Å²) in [6.45, 7) is 1.89. The van der Waals surface area contributed by atoms with Gasteiger partial charge in [-0.1, -0.05) is 18.2 Å². The number of rotatable bonds is 5. The summed E-state index contributed by atoms with van der Waals surface area (Å²) in [7, 11) is 0. The topological polar surface area (TPSA) is 72.9 Å². The van der Waals surface area contributed by atoms with E-state index in [2.05, 4.69) is 10.4 Å². The van der Waals surface area contributed by atoms with Crippen LogP contribution in [0.3, 0.4) is 0 Å². The predicted molar refractivity (Wildman–Crippen MR) is 82.3 cm³/mol. The largest absolute Gasteiger partial charge is 0.328 e. The molecule has 0 aliphatic rings. The highest BCUT2D eigenvalue weighted by molar-refractivity contribution is 5.90. The third kappa shape index (κ3) is 4.68. The highest BCUT2D eigenvalue weighted by Gasteiger charge is 2.06. The molecule has 3 N–H and O–H groups in total. The Bertz CT molecular complexity index is 539. The first-order valence-corrected chi connectivity index (χ1v) is 6.30. The Labute approximate surface area is 124 Å². The molecule has 5 nitrogen and oxygen atoms in total. The Kier molecular flexibility index (Phi) is 6.21. The Morgan fingerprint density at radius 3 is 2.75 bits per heavy atom. The molecule has 0 fully saturated rings. The third-order valence-corrected chi connectivity index (χ3v) is 2.71. The quantitative estimate of drug-likeness (QED) is 0.889. The fourth-order valence-corrected chi connectivity index (χ4v) is 1.69. The summed E-state index contributed by atoms with van der Waals surface area (Å²) in [6, 6.07) is 9.78. The highest BCUT2D eigenvalue weighted by Crippen LogP contribution is 2.11. The lowest BCUT2D eigenvalue weighted by molar-refractivity contribution is -0.116. The zero-order chi connectivity index (χ0) is 13.7. The molecule has 1 heterocycles. The van der Waals surface area contributed by atoms with Crippen molar-refractivity contribution >= 4 is 24.0 Å². The molecule has 0 saturated heterocycles. The second-order valence-electron chi connectivity index (χ2n) is 4.57. The van der Waals surface area contributed by atoms with Gasteiger partial charge in [0.05, 0.1) is 23.8 Å². The van der Waals surface area contributed by atoms with Crippen LogP contribution in [0.15, 0.2) is 42.7 Å². The predicted octanol–water partition coefficient (Wildman–Crippen LogP) is 2.36. The van der Waals surface area contributed by atoms with E-state index in [0.717, 1.165) is 5.69 Å². The molecule has 0 radical (unpaired) electrons. The molecule has 1 aromatic carbocycles. The standard InChI is InChI=1S/C14H18N4O.ClH/c1-11(15)7-8-14(19)17-12-9-16-18(10-12)13-5-3-2-4-6-13;/h2-6,9-11H,7-8,15H2,1H3,(H,17,19);1H. The molecule has 2 aromatic rings. The van der Waals surface area contributed by atoms with E-state index in [1.165, 1.54) is 0 Å². The molecule has 6 heteroatoms. The van der Waals surface area contributed by atoms with Crippen LogP contribution in [-0.4, -0.2) is 21.7 Å². The third-order valence-electron chi connectivity index (χ3n) is 2.71. The maximum atomic E-state index is 11.7. The zero-order valence-electron chi connectivity index (χ0n) is 11.3. The number of hydrogen-bond donors (Lipinski definition) is 2. The Hall–Kier alpha value is -1.85. The van der Waals surface area contributed by atoms with Crippen LogP contribution in [0, 0.1) is 0 Å². The normalized spacial score (nSPS) is 11.5. The van der Waals surface area contributed by atoms with Crippen molar-refractivity contribution in [1.29, 1.82) is 0 Å². The summed E-state index contributed by atoms with van der Waals surface area (Å²) >= 11 is 0. The average molecular weight is 295 g/mol. The molecular formula is C14H19ClN4O. The monoisotopic (exact) mass is 294 g/mol. The lowest BCUT2D eigenvalue weighted by Gasteiger charge is -2.04. The van der Waals surface area contributed by atoms with Crippen LogP contribution < -0.4 is 11.1 Å². The van der Waals surface area contributed by atoms with Gasteiger partial charge in [0.15, 0.2) is 0 Å². The number of nitrogens with two attached hydrogens (primary N) is 1. The van der Waals surface area contributed by atoms with Crippen molar-refractivity contribution in [3.8, 4) is 5.69 Å². The Morgan fingerprint density at radius 2 is 2.10 bits per heavy atom. The number of nitrogens with one attached hydrogen (secondary N) is 1. The SMILES string of the molecule is CC(N)CCC(=O)Nc1cnn(-c2ccccc2)c1.Cl. The van der Waals surface area contributed by atoms with E-state index in [9.17, 15) is 4.79 Å². The van der Waals surface area contributed by atoms with Crippen molar-refractivity contribution in [3.63, 3.8) is 0 Å². The average Bonchev–Trinajstić information content (AvgIpc) is 2.86. The maximum Gasteiger partial charge on any atom is 0.224 e. The maximum absolute atomic E-state index is 11.7. The minimum atomic E-state index is -0.0371. The van der Waals surface area contributed by atoms with E-state index in [0.29, 0.717) is 18.5 Å². The van der Waals surface area contributed by atoms with Gasteiger partial charge in [0.25, 0.3) is 0 Å². The fourth-order valence-electron chi connectivity index (χ4n) is 1.69. The van der Waals surface area contributed by atoms with Crippen molar-refractivity contribution in [2.24, 2.45) is 5.73 Å². The van der Waals surface area contributed by atoms with E-state index in [1.807, 2.05) is 37.3 Å². The summed E-state index contributed by atoms with van der Waals surface area (Å²) in [6.07, 6.45) is 4.53. The number of nitrogens with zero attached hydrogens (tertiary/aromatic N) is 2. The van der Waals surface area contributed by atoms with E-state index >= 15 is 0 Å². The first-order valence-electron chi connectivity index (χ1n) is 6.30. The smallest absolute Gasteiger partial charge is 0.224 e. The second kappa shape index (κ2) is 7.67. The van der Waals surface area contributed by atoms with Gasteiger partial charge in [-0.3, -0.25) is 4.79 Å². The first kappa shape index (κ1) is 16.2. The minimum Gasteiger partial charge on any atom is -0.328 e. The van der Waals surface area contributed by atoms with Crippen LogP contribution in [-0.2, 0) is 4.79 Å². The molecule has 2 rings (SSSR count). The molecule has 0 spiro atoms. The number of anilines is 1. The molecule has 1 atom stereocenters. The Balaban J connectivity index is 0.00000200. The molecule has 1 unspecified atom stereocenters. The van der Waals surface area contributed by atoms with Gasteiger partial charge in [0.2, 0.25) is 5.91 Å². The van der Waals surface area contributed by atoms with Gasteiger partial charge in [0, 0.05) is 12.5 Å². The Morgan fingerprint density at radius 1 is 1.40 bits per heavy atom. The molecule has 1 aromatic heterocycles. The van der Waals surface area contributed by atoms with Gasteiger partial charge in [-0.25, -0.2) is 4.68 Å². The van der Waals surface area contributed by atoms with Crippen LogP contribution in [0.5, 0.6) is 0 Å². The summed E-state index contributed by atoms with van der Waals surface area (Å²) in [5.41, 5.74) is 7.27. The summed E-state index contributed by atoms with van der Waals surface area (Å²) in [4.78, 5) is 11.7. The van der Waals surface area contributed by atoms with Crippen LogP contribution in [0.25, 0.3) is 5.69 Å². The lowest BCUT2D eigenvalue weighted by Crippen LogP contribution is -2.19. The fraction of sp³-hybridized carbons (Fsp3) is 0.286. The number of carbonyl (C=O) groups is 1. The van der Waals surface area contributed by atoms with Crippen LogP contribution in [0.4, 0.5) is 5.69 Å². The van der Waals surface area contributed by atoms with E-state index < -0.39 is 0 Å². The number of aromatic nitrogens is 2. The van der Waals surface area contributed by atoms with Crippen LogP contribution in [0.1, 0.15) is 19.8 Å². The van der Waals surface area contributed by atoms with Gasteiger partial charge in [-0.2, -0.15) is 5.10 Å². The van der Waals surface area contributed by atoms with Crippen molar-refractivity contribution < 1.29 is 4.79 Å². The van der Waals surface area contributed by atoms with E-state index in [-0.39, 0.29) is 24.4 Å². The molecule has 20 heavy (non-hydrogen) atoms. The van der Waals surface area contributed by atoms with Gasteiger partial charge < -0.3 is 11.1 Å². The number of amides is 1. The van der Waals surface area contributed by atoms with Crippen LogP contribution >= 0.6 is 12.4 Å². The number of halogens is 1. The zero-order valence-corrected chi connectivity index (χ0v) is 12.1. The van der Waals surface area contributed by atoms with Crippen molar-refractivity contribution in [2.45, 2.75) is 25.8 Å². The number of benzene rings is 1. The van der Waals surface area contributed by atoms with Crippen molar-refractivity contribution in [2.75, 3.05) is 5.32 Å². The number of hydrogen-bond acceptors (Lipinski definition) is 3. The molecule has 108 valence electrons. The van der Waals surface area contributed by atoms with Gasteiger partial charge in [0.1, 0.15) is 0 Å². The summed E-state index contributed by atoms with van der Waals surface area (Å²) < 4.78 is 1.72. The molecule has 0 aliphatic carbocycles. The molecule has 0 saturated carbocycles. The molecule has 1 amide bonds. The summed E-state index contributed by atoms with van der Waals surface area (Å²) in [5.74, 6) is -0.0371. The number of para-hydroxylation sites is 1. The molecule has 0 bridgehead atoms. The summed E-state index contributed by atoms with van der Waals surface area (Å²) in [5, 5.41) is 7.02. The van der Waals surface area contributed by atoms with E-state index in [1.54, 1.807) is 17.1 Å². The first-order chi connectivity index (χ1) is 9.15.